The van der Waals surface area contributed by atoms with Gasteiger partial charge >= 0.3 is 0 Å². The zero-order valence-electron chi connectivity index (χ0n) is 9.97. The highest BCUT2D eigenvalue weighted by Crippen LogP contribution is 2.47. The Hall–Kier alpha value is 0.440. The number of ether oxygens (including phenoxy) is 1. The summed E-state index contributed by atoms with van der Waals surface area (Å²) >= 11 is 3.60. The molecule has 88 valence electrons. The van der Waals surface area contributed by atoms with E-state index >= 15 is 0 Å². The molecule has 0 N–H and O–H groups in total. The molecule has 0 aromatic carbocycles. The minimum atomic E-state index is 0.518. The van der Waals surface area contributed by atoms with Gasteiger partial charge in [0.05, 0.1) is 12.7 Å². The second-order valence-electron chi connectivity index (χ2n) is 5.98. The van der Waals surface area contributed by atoms with Crippen molar-refractivity contribution in [2.75, 3.05) is 11.9 Å². The van der Waals surface area contributed by atoms with E-state index in [-0.39, 0.29) is 0 Å². The molecule has 0 aromatic rings. The summed E-state index contributed by atoms with van der Waals surface area (Å²) in [5.74, 6) is 1.72. The van der Waals surface area contributed by atoms with E-state index in [4.69, 9.17) is 4.74 Å². The molecule has 2 aliphatic rings. The van der Waals surface area contributed by atoms with Crippen LogP contribution >= 0.6 is 15.9 Å². The molecule has 2 aliphatic carbocycles. The lowest BCUT2D eigenvalue weighted by Gasteiger charge is -2.32. The highest BCUT2D eigenvalue weighted by Gasteiger charge is 2.42. The van der Waals surface area contributed by atoms with Crippen molar-refractivity contribution >= 4 is 15.9 Å². The zero-order chi connectivity index (χ0) is 10.9. The number of hydrogen-bond acceptors (Lipinski definition) is 1. The minimum Gasteiger partial charge on any atom is -0.378 e. The second-order valence-corrected chi connectivity index (χ2v) is 6.54. The van der Waals surface area contributed by atoms with Crippen LogP contribution in [0.2, 0.25) is 0 Å². The third-order valence-electron chi connectivity index (χ3n) is 4.00. The van der Waals surface area contributed by atoms with Crippen molar-refractivity contribution in [1.82, 2.24) is 0 Å². The highest BCUT2D eigenvalue weighted by atomic mass is 79.9. The Morgan fingerprint density at radius 3 is 2.20 bits per heavy atom. The van der Waals surface area contributed by atoms with Crippen LogP contribution in [0.25, 0.3) is 0 Å². The van der Waals surface area contributed by atoms with Gasteiger partial charge in [0.2, 0.25) is 0 Å². The van der Waals surface area contributed by atoms with Gasteiger partial charge in [0, 0.05) is 10.7 Å². The molecule has 0 amide bonds. The van der Waals surface area contributed by atoms with Gasteiger partial charge in [0.25, 0.3) is 0 Å². The van der Waals surface area contributed by atoms with Crippen LogP contribution < -0.4 is 0 Å². The standard InChI is InChI=1S/C13H23BrO/c1-10-5-11(2)7-12(6-10)15-9-13(8-14)3-4-13/h10-12H,3-9H2,1-2H3. The van der Waals surface area contributed by atoms with E-state index in [9.17, 15) is 0 Å². The largest absolute Gasteiger partial charge is 0.378 e. The Kier molecular flexibility index (Phi) is 3.77. The van der Waals surface area contributed by atoms with Crippen molar-refractivity contribution in [3.8, 4) is 0 Å². The van der Waals surface area contributed by atoms with Crippen LogP contribution in [0.5, 0.6) is 0 Å². The summed E-state index contributed by atoms with van der Waals surface area (Å²) in [7, 11) is 0. The topological polar surface area (TPSA) is 9.23 Å². The second kappa shape index (κ2) is 4.75. The van der Waals surface area contributed by atoms with Gasteiger partial charge in [-0.15, -0.1) is 0 Å². The predicted octanol–water partition coefficient (Wildman–Crippen LogP) is 4.00. The lowest BCUT2D eigenvalue weighted by Crippen LogP contribution is -2.28. The van der Waals surface area contributed by atoms with Crippen LogP contribution in [0.1, 0.15) is 46.0 Å². The van der Waals surface area contributed by atoms with Gasteiger partial charge in [0.15, 0.2) is 0 Å². The summed E-state index contributed by atoms with van der Waals surface area (Å²) in [6, 6.07) is 0. The number of rotatable bonds is 4. The van der Waals surface area contributed by atoms with Crippen LogP contribution in [0.3, 0.4) is 0 Å². The quantitative estimate of drug-likeness (QED) is 0.704. The average Bonchev–Trinajstić information content (AvgIpc) is 2.94. The van der Waals surface area contributed by atoms with Gasteiger partial charge in [0.1, 0.15) is 0 Å². The summed E-state index contributed by atoms with van der Waals surface area (Å²) in [5, 5.41) is 1.12. The van der Waals surface area contributed by atoms with E-state index in [1.165, 1.54) is 32.1 Å². The van der Waals surface area contributed by atoms with Gasteiger partial charge in [-0.1, -0.05) is 29.8 Å². The molecule has 2 unspecified atom stereocenters. The first-order valence-corrected chi connectivity index (χ1v) is 7.43. The molecule has 2 fully saturated rings. The first-order valence-electron chi connectivity index (χ1n) is 6.31. The van der Waals surface area contributed by atoms with Crippen molar-refractivity contribution in [3.05, 3.63) is 0 Å². The molecule has 0 aliphatic heterocycles. The number of alkyl halides is 1. The summed E-state index contributed by atoms with van der Waals surface area (Å²) in [4.78, 5) is 0. The normalized spacial score (nSPS) is 39.0. The lowest BCUT2D eigenvalue weighted by atomic mass is 9.82. The molecule has 15 heavy (non-hydrogen) atoms. The summed E-state index contributed by atoms with van der Waals surface area (Å²) in [6.07, 6.45) is 7.21. The first-order chi connectivity index (χ1) is 7.13. The molecule has 0 aromatic heterocycles. The number of hydrogen-bond donors (Lipinski definition) is 0. The molecular weight excluding hydrogens is 252 g/mol. The molecule has 2 saturated carbocycles. The van der Waals surface area contributed by atoms with Crippen LogP contribution in [-0.2, 0) is 4.74 Å². The molecule has 2 atom stereocenters. The molecule has 0 radical (unpaired) electrons. The fourth-order valence-electron chi connectivity index (χ4n) is 2.80. The molecule has 2 rings (SSSR count). The van der Waals surface area contributed by atoms with E-state index < -0.39 is 0 Å². The van der Waals surface area contributed by atoms with Gasteiger partial charge in [-0.2, -0.15) is 0 Å². The molecular formula is C13H23BrO. The Labute approximate surface area is 102 Å². The maximum absolute atomic E-state index is 6.11. The third kappa shape index (κ3) is 3.20. The zero-order valence-corrected chi connectivity index (χ0v) is 11.6. The van der Waals surface area contributed by atoms with Crippen LogP contribution in [0, 0.1) is 17.3 Å². The Morgan fingerprint density at radius 2 is 1.73 bits per heavy atom. The predicted molar refractivity (Wildman–Crippen MR) is 67.4 cm³/mol. The Balaban J connectivity index is 1.74. The fraction of sp³-hybridized carbons (Fsp3) is 1.00. The van der Waals surface area contributed by atoms with E-state index in [0.717, 1.165) is 23.8 Å². The van der Waals surface area contributed by atoms with Gasteiger partial charge in [-0.05, 0) is 43.9 Å². The van der Waals surface area contributed by atoms with Crippen molar-refractivity contribution in [2.24, 2.45) is 17.3 Å². The van der Waals surface area contributed by atoms with E-state index in [1.54, 1.807) is 0 Å². The van der Waals surface area contributed by atoms with E-state index in [0.29, 0.717) is 11.5 Å². The Bertz CT molecular complexity index is 203. The summed E-state index contributed by atoms with van der Waals surface area (Å²) < 4.78 is 6.11. The smallest absolute Gasteiger partial charge is 0.0580 e. The van der Waals surface area contributed by atoms with Crippen LogP contribution in [0.15, 0.2) is 0 Å². The average molecular weight is 275 g/mol. The third-order valence-corrected chi connectivity index (χ3v) is 5.19. The molecule has 1 nitrogen and oxygen atoms in total. The molecule has 0 heterocycles. The van der Waals surface area contributed by atoms with Crippen LogP contribution in [-0.4, -0.2) is 18.0 Å². The number of halogens is 1. The van der Waals surface area contributed by atoms with Gasteiger partial charge in [-0.25, -0.2) is 0 Å². The molecule has 0 spiro atoms. The first kappa shape index (κ1) is 11.9. The van der Waals surface area contributed by atoms with Crippen LogP contribution in [0.4, 0.5) is 0 Å². The fourth-order valence-corrected chi connectivity index (χ4v) is 3.52. The Morgan fingerprint density at radius 1 is 1.13 bits per heavy atom. The van der Waals surface area contributed by atoms with E-state index in [2.05, 4.69) is 29.8 Å². The summed E-state index contributed by atoms with van der Waals surface area (Å²) in [6.45, 7) is 5.72. The van der Waals surface area contributed by atoms with Crippen molar-refractivity contribution < 1.29 is 4.74 Å². The molecule has 0 bridgehead atoms. The monoisotopic (exact) mass is 274 g/mol. The van der Waals surface area contributed by atoms with Gasteiger partial charge < -0.3 is 4.74 Å². The van der Waals surface area contributed by atoms with Crippen molar-refractivity contribution in [2.45, 2.75) is 52.1 Å². The SMILES string of the molecule is CC1CC(C)CC(OCC2(CBr)CC2)C1. The van der Waals surface area contributed by atoms with Crippen molar-refractivity contribution in [1.29, 1.82) is 0 Å². The maximum Gasteiger partial charge on any atom is 0.0580 e. The molecule has 2 heteroatoms. The lowest BCUT2D eigenvalue weighted by molar-refractivity contribution is -0.0168. The maximum atomic E-state index is 6.11. The molecule has 0 saturated heterocycles. The van der Waals surface area contributed by atoms with Crippen molar-refractivity contribution in [3.63, 3.8) is 0 Å². The van der Waals surface area contributed by atoms with Gasteiger partial charge in [-0.3, -0.25) is 0 Å². The van der Waals surface area contributed by atoms with E-state index in [1.807, 2.05) is 0 Å². The minimum absolute atomic E-state index is 0.518. The summed E-state index contributed by atoms with van der Waals surface area (Å²) in [5.41, 5.74) is 0.518. The highest BCUT2D eigenvalue weighted by molar-refractivity contribution is 9.09.